The Morgan fingerprint density at radius 2 is 2.00 bits per heavy atom. The molecule has 2 N–H and O–H groups in total. The molecule has 0 saturated heterocycles. The van der Waals surface area contributed by atoms with Crippen molar-refractivity contribution in [2.24, 2.45) is 4.99 Å². The van der Waals surface area contributed by atoms with Gasteiger partial charge in [0.25, 0.3) is 0 Å². The minimum absolute atomic E-state index is 0. The number of hydrogen-bond acceptors (Lipinski definition) is 5. The predicted octanol–water partition coefficient (Wildman–Crippen LogP) is 4.52. The van der Waals surface area contributed by atoms with Crippen molar-refractivity contribution in [1.29, 1.82) is 0 Å². The molecule has 0 radical (unpaired) electrons. The molecule has 0 aliphatic heterocycles. The number of guanidine groups is 1. The van der Waals surface area contributed by atoms with Gasteiger partial charge in [-0.25, -0.2) is 9.98 Å². The number of halogens is 1. The maximum atomic E-state index is 5.59. The van der Waals surface area contributed by atoms with Gasteiger partial charge in [-0.15, -0.1) is 35.3 Å². The van der Waals surface area contributed by atoms with Gasteiger partial charge in [-0.05, 0) is 35.6 Å². The molecule has 0 atom stereocenters. The van der Waals surface area contributed by atoms with Crippen molar-refractivity contribution in [2.75, 3.05) is 6.54 Å². The third kappa shape index (κ3) is 6.41. The number of nitrogens with zero attached hydrogens (tertiary/aromatic N) is 4. The van der Waals surface area contributed by atoms with Crippen molar-refractivity contribution in [3.63, 3.8) is 0 Å². The molecule has 0 saturated carbocycles. The summed E-state index contributed by atoms with van der Waals surface area (Å²) in [6.07, 6.45) is 5.45. The molecule has 3 aromatic heterocycles. The minimum atomic E-state index is 0. The molecular formula is C22H25IN6OS. The molecule has 1 aromatic carbocycles. The molecule has 0 spiro atoms. The van der Waals surface area contributed by atoms with E-state index in [1.54, 1.807) is 23.8 Å². The highest BCUT2D eigenvalue weighted by atomic mass is 127. The molecule has 3 heterocycles. The van der Waals surface area contributed by atoms with Crippen molar-refractivity contribution in [3.05, 3.63) is 83.3 Å². The molecule has 9 heteroatoms. The van der Waals surface area contributed by atoms with Crippen molar-refractivity contribution >= 4 is 41.3 Å². The van der Waals surface area contributed by atoms with E-state index >= 15 is 0 Å². The Kier molecular flexibility index (Phi) is 8.65. The summed E-state index contributed by atoms with van der Waals surface area (Å²) in [5.74, 6) is 1.39. The van der Waals surface area contributed by atoms with Crippen molar-refractivity contribution in [1.82, 2.24) is 25.4 Å². The van der Waals surface area contributed by atoms with E-state index in [1.807, 2.05) is 53.5 Å². The van der Waals surface area contributed by atoms with Crippen LogP contribution in [0.1, 0.15) is 23.7 Å². The Bertz CT molecular complexity index is 1080. The topological polar surface area (TPSA) is 80.3 Å². The first-order chi connectivity index (χ1) is 14.8. The summed E-state index contributed by atoms with van der Waals surface area (Å²) in [5, 5.41) is 12.9. The van der Waals surface area contributed by atoms with Crippen molar-refractivity contribution < 1.29 is 4.42 Å². The maximum absolute atomic E-state index is 5.59. The minimum Gasteiger partial charge on any atom is -0.443 e. The monoisotopic (exact) mass is 548 g/mol. The third-order valence-electron chi connectivity index (χ3n) is 4.48. The third-order valence-corrected chi connectivity index (χ3v) is 5.34. The summed E-state index contributed by atoms with van der Waals surface area (Å²) in [6, 6.07) is 14.2. The predicted molar refractivity (Wildman–Crippen MR) is 135 cm³/mol. The zero-order valence-electron chi connectivity index (χ0n) is 17.2. The Morgan fingerprint density at radius 1 is 1.13 bits per heavy atom. The number of aromatic nitrogens is 3. The summed E-state index contributed by atoms with van der Waals surface area (Å²) in [4.78, 5) is 10.3. The van der Waals surface area contributed by atoms with Crippen LogP contribution in [0.15, 0.2) is 75.9 Å². The summed E-state index contributed by atoms with van der Waals surface area (Å²) in [7, 11) is 0. The average molecular weight is 548 g/mol. The summed E-state index contributed by atoms with van der Waals surface area (Å²) >= 11 is 1.61. The summed E-state index contributed by atoms with van der Waals surface area (Å²) in [6.45, 7) is 4.67. The number of oxazole rings is 1. The largest absolute Gasteiger partial charge is 0.443 e. The molecule has 0 unspecified atom stereocenters. The summed E-state index contributed by atoms with van der Waals surface area (Å²) in [5.41, 5.74) is 3.22. The van der Waals surface area contributed by atoms with Crippen LogP contribution in [0.3, 0.4) is 0 Å². The molecule has 0 aliphatic rings. The van der Waals surface area contributed by atoms with Crippen LogP contribution in [0.5, 0.6) is 0 Å². The maximum Gasteiger partial charge on any atom is 0.236 e. The Balaban J connectivity index is 0.00000272. The van der Waals surface area contributed by atoms with Gasteiger partial charge in [0.05, 0.1) is 30.2 Å². The second kappa shape index (κ2) is 11.7. The van der Waals surface area contributed by atoms with Crippen LogP contribution in [0.25, 0.3) is 10.8 Å². The lowest BCUT2D eigenvalue weighted by Crippen LogP contribution is -2.36. The van der Waals surface area contributed by atoms with Gasteiger partial charge in [0.2, 0.25) is 5.89 Å². The fourth-order valence-corrected chi connectivity index (χ4v) is 3.67. The van der Waals surface area contributed by atoms with Crippen molar-refractivity contribution in [3.8, 4) is 10.8 Å². The van der Waals surface area contributed by atoms with Gasteiger partial charge in [-0.3, -0.25) is 4.68 Å². The van der Waals surface area contributed by atoms with Crippen LogP contribution in [0.2, 0.25) is 0 Å². The lowest BCUT2D eigenvalue weighted by atomic mass is 10.1. The molecule has 31 heavy (non-hydrogen) atoms. The molecule has 0 fully saturated rings. The van der Waals surface area contributed by atoms with Crippen molar-refractivity contribution in [2.45, 2.75) is 26.6 Å². The van der Waals surface area contributed by atoms with E-state index in [2.05, 4.69) is 32.8 Å². The highest BCUT2D eigenvalue weighted by molar-refractivity contribution is 14.0. The van der Waals surface area contributed by atoms with Gasteiger partial charge >= 0.3 is 0 Å². The molecule has 162 valence electrons. The first kappa shape index (κ1) is 23.0. The highest BCUT2D eigenvalue weighted by Crippen LogP contribution is 2.23. The number of nitrogens with one attached hydrogen (secondary N) is 2. The van der Waals surface area contributed by atoms with Crippen LogP contribution in [0.4, 0.5) is 0 Å². The highest BCUT2D eigenvalue weighted by Gasteiger charge is 2.08. The molecule has 7 nitrogen and oxygen atoms in total. The first-order valence-corrected chi connectivity index (χ1v) is 10.7. The Hall–Kier alpha value is -2.66. The summed E-state index contributed by atoms with van der Waals surface area (Å²) < 4.78 is 7.51. The van der Waals surface area contributed by atoms with Gasteiger partial charge in [-0.2, -0.15) is 5.10 Å². The lowest BCUT2D eigenvalue weighted by molar-refractivity contribution is 0.573. The van der Waals surface area contributed by atoms with Crippen LogP contribution in [-0.4, -0.2) is 27.3 Å². The number of benzene rings is 1. The van der Waals surface area contributed by atoms with E-state index in [0.29, 0.717) is 19.0 Å². The smallest absolute Gasteiger partial charge is 0.236 e. The van der Waals surface area contributed by atoms with Gasteiger partial charge in [0.1, 0.15) is 6.26 Å². The van der Waals surface area contributed by atoms with E-state index in [4.69, 9.17) is 9.41 Å². The van der Waals surface area contributed by atoms with Crippen LogP contribution >= 0.6 is 35.3 Å². The van der Waals surface area contributed by atoms with E-state index in [1.165, 1.54) is 11.1 Å². The molecule has 4 rings (SSSR count). The molecule has 0 bridgehead atoms. The molecule has 4 aromatic rings. The fourth-order valence-electron chi connectivity index (χ4n) is 3.02. The van der Waals surface area contributed by atoms with Crippen LogP contribution in [-0.2, 0) is 19.6 Å². The zero-order chi connectivity index (χ0) is 20.6. The van der Waals surface area contributed by atoms with E-state index in [0.717, 1.165) is 29.6 Å². The van der Waals surface area contributed by atoms with E-state index in [9.17, 15) is 0 Å². The SMILES string of the molecule is CCNC(=NCc1ccccc1Cn1cccn1)NCc1coc(-c2cccs2)n1.I. The number of thiophene rings is 1. The van der Waals surface area contributed by atoms with Gasteiger partial charge in [0.15, 0.2) is 5.96 Å². The standard InChI is InChI=1S/C22H24N6OS.HI/c1-2-23-22(25-14-19-16-29-21(27-19)20-9-5-12-30-20)24-13-17-7-3-4-8-18(17)15-28-11-6-10-26-28;/h3-12,16H,2,13-15H2,1H3,(H2,23,24,25);1H. The van der Waals surface area contributed by atoms with E-state index < -0.39 is 0 Å². The van der Waals surface area contributed by atoms with Crippen LogP contribution < -0.4 is 10.6 Å². The van der Waals surface area contributed by atoms with E-state index in [-0.39, 0.29) is 24.0 Å². The Morgan fingerprint density at radius 3 is 2.74 bits per heavy atom. The average Bonchev–Trinajstić information content (AvgIpc) is 3.53. The number of rotatable bonds is 8. The first-order valence-electron chi connectivity index (χ1n) is 9.86. The second-order valence-electron chi connectivity index (χ2n) is 6.64. The molecular weight excluding hydrogens is 523 g/mol. The second-order valence-corrected chi connectivity index (χ2v) is 7.59. The van der Waals surface area contributed by atoms with Crippen LogP contribution in [0, 0.1) is 0 Å². The van der Waals surface area contributed by atoms with Gasteiger partial charge in [-0.1, -0.05) is 30.3 Å². The number of aliphatic imine (C=N–C) groups is 1. The Labute approximate surface area is 202 Å². The molecule has 0 aliphatic carbocycles. The quantitative estimate of drug-likeness (QED) is 0.192. The zero-order valence-corrected chi connectivity index (χ0v) is 20.3. The molecule has 0 amide bonds. The fraction of sp³-hybridized carbons (Fsp3) is 0.227. The number of hydrogen-bond donors (Lipinski definition) is 2. The lowest BCUT2D eigenvalue weighted by Gasteiger charge is -2.12. The normalized spacial score (nSPS) is 11.2. The van der Waals surface area contributed by atoms with Gasteiger partial charge < -0.3 is 15.1 Å². The van der Waals surface area contributed by atoms with Gasteiger partial charge in [0, 0.05) is 18.9 Å².